The Hall–Kier alpha value is -3.01. The zero-order valence-corrected chi connectivity index (χ0v) is 22.1. The average Bonchev–Trinajstić information content (AvgIpc) is 3.37. The number of aromatic nitrogens is 2. The number of nitrogens with one attached hydrogen (secondary N) is 3. The summed E-state index contributed by atoms with van der Waals surface area (Å²) in [6.45, 7) is 13.2. The van der Waals surface area contributed by atoms with Crippen LogP contribution < -0.4 is 16.4 Å². The smallest absolute Gasteiger partial charge is 0.268 e. The van der Waals surface area contributed by atoms with E-state index in [9.17, 15) is 9.90 Å². The van der Waals surface area contributed by atoms with Crippen LogP contribution in [-0.2, 0) is 13.1 Å². The lowest BCUT2D eigenvalue weighted by molar-refractivity contribution is 0.0630. The molecule has 3 aromatic rings. The van der Waals surface area contributed by atoms with Crippen LogP contribution in [0.2, 0.25) is 0 Å². The number of allylic oxidation sites excluding steroid dienone is 1. The minimum absolute atomic E-state index is 0.150. The number of fused-ring (bicyclic) bond motifs is 1. The second-order valence-corrected chi connectivity index (χ2v) is 11.6. The van der Waals surface area contributed by atoms with Gasteiger partial charge in [-0.05, 0) is 56.0 Å². The van der Waals surface area contributed by atoms with E-state index in [1.165, 1.54) is 17.5 Å². The van der Waals surface area contributed by atoms with Gasteiger partial charge in [-0.3, -0.25) is 10.1 Å². The maximum absolute atomic E-state index is 13.0. The van der Waals surface area contributed by atoms with Crippen molar-refractivity contribution in [3.63, 3.8) is 0 Å². The highest BCUT2D eigenvalue weighted by Gasteiger charge is 2.22. The van der Waals surface area contributed by atoms with Crippen molar-refractivity contribution in [3.8, 4) is 0 Å². The molecule has 0 radical (unpaired) electrons. The first-order valence-electron chi connectivity index (χ1n) is 11.6. The molecule has 0 aliphatic heterocycles. The largest absolute Gasteiger partial charge is 0.404 e. The summed E-state index contributed by atoms with van der Waals surface area (Å²) in [7, 11) is 0. The number of hydrogen-bond acceptors (Lipinski definition) is 7. The number of benzene rings is 1. The first-order chi connectivity index (χ1) is 16.3. The molecule has 0 aliphatic rings. The van der Waals surface area contributed by atoms with Crippen molar-refractivity contribution in [3.05, 3.63) is 51.8 Å². The molecule has 2 aromatic heterocycles. The second-order valence-electron chi connectivity index (χ2n) is 10.5. The molecule has 3 rings (SSSR count). The van der Waals surface area contributed by atoms with E-state index in [0.29, 0.717) is 29.0 Å². The minimum atomic E-state index is -1.00. The Labute approximate surface area is 210 Å². The normalized spacial score (nSPS) is 13.7. The van der Waals surface area contributed by atoms with E-state index in [4.69, 9.17) is 16.1 Å². The summed E-state index contributed by atoms with van der Waals surface area (Å²) in [6, 6.07) is 9.84. The number of aliphatic hydroxyl groups is 1. The number of thiophene rings is 1. The van der Waals surface area contributed by atoms with E-state index in [0.717, 1.165) is 27.7 Å². The van der Waals surface area contributed by atoms with E-state index in [-0.39, 0.29) is 17.9 Å². The molecule has 1 atom stereocenters. The third-order valence-corrected chi connectivity index (χ3v) is 7.08. The fourth-order valence-corrected chi connectivity index (χ4v) is 4.38. The molecule has 0 saturated carbocycles. The zero-order valence-electron chi connectivity index (χ0n) is 21.3. The number of rotatable bonds is 9. The first kappa shape index (κ1) is 26.6. The predicted octanol–water partition coefficient (Wildman–Crippen LogP) is 4.59. The third kappa shape index (κ3) is 6.56. The molecule has 6 N–H and O–H groups in total. The molecule has 0 bridgehead atoms. The highest BCUT2D eigenvalue weighted by Crippen LogP contribution is 2.27. The molecule has 8 nitrogen and oxygen atoms in total. The van der Waals surface area contributed by atoms with Crippen LogP contribution in [0.3, 0.4) is 0 Å². The van der Waals surface area contributed by atoms with E-state index in [2.05, 4.69) is 38.3 Å². The Balaban J connectivity index is 1.90. The van der Waals surface area contributed by atoms with Gasteiger partial charge in [0.1, 0.15) is 0 Å². The van der Waals surface area contributed by atoms with Crippen LogP contribution in [0.4, 0.5) is 5.95 Å². The molecule has 35 heavy (non-hydrogen) atoms. The van der Waals surface area contributed by atoms with Crippen LogP contribution in [-0.4, -0.2) is 38.4 Å². The van der Waals surface area contributed by atoms with Crippen molar-refractivity contribution in [2.45, 2.75) is 66.3 Å². The number of hydrogen-bond donors (Lipinski definition) is 5. The van der Waals surface area contributed by atoms with Gasteiger partial charge in [-0.2, -0.15) is 0 Å². The molecule has 0 aliphatic carbocycles. The van der Waals surface area contributed by atoms with Crippen LogP contribution in [0.25, 0.3) is 16.6 Å². The first-order valence-corrected chi connectivity index (χ1v) is 12.4. The molecule has 2 heterocycles. The van der Waals surface area contributed by atoms with Crippen LogP contribution in [0.15, 0.2) is 36.5 Å². The number of carbonyl (C=O) groups excluding carboxylic acids is 1. The van der Waals surface area contributed by atoms with Crippen molar-refractivity contribution in [2.24, 2.45) is 11.1 Å². The third-order valence-electron chi connectivity index (χ3n) is 5.94. The summed E-state index contributed by atoms with van der Waals surface area (Å²) in [6.07, 6.45) is 2.50. The van der Waals surface area contributed by atoms with Crippen molar-refractivity contribution in [1.29, 1.82) is 5.41 Å². The van der Waals surface area contributed by atoms with Crippen molar-refractivity contribution in [2.75, 3.05) is 5.32 Å². The van der Waals surface area contributed by atoms with Gasteiger partial charge in [0.15, 0.2) is 0 Å². The predicted molar refractivity (Wildman–Crippen MR) is 145 cm³/mol. The summed E-state index contributed by atoms with van der Waals surface area (Å²) >= 11 is 1.25. The lowest BCUT2D eigenvalue weighted by Crippen LogP contribution is -2.37. The summed E-state index contributed by atoms with van der Waals surface area (Å²) in [5.74, 6) is 0.0627. The van der Waals surface area contributed by atoms with Crippen LogP contribution >= 0.6 is 11.3 Å². The highest BCUT2D eigenvalue weighted by molar-refractivity contribution is 7.15. The molecular formula is C26H36N6O2S. The molecule has 1 aromatic carbocycles. The standard InChI is InChI=1S/C26H36N6O2S/c1-16(25(2,3)4)29-14-17-7-8-20-19(11-17)30-24(32(20)15-26(5,6)34)31-23(33)22-10-9-21(35-22)18(12-27)13-28/h7-13,16,27,29,34H,14-15,28H2,1-6H3,(H,30,31,33)/b18-13+,27-12?. The molecule has 1 amide bonds. The number of amides is 1. The maximum Gasteiger partial charge on any atom is 0.268 e. The topological polar surface area (TPSA) is 129 Å². The number of imidazole rings is 1. The Bertz CT molecular complexity index is 1240. The molecular weight excluding hydrogens is 460 g/mol. The van der Waals surface area contributed by atoms with Crippen molar-refractivity contribution >= 4 is 46.0 Å². The molecule has 188 valence electrons. The van der Waals surface area contributed by atoms with Gasteiger partial charge in [0.2, 0.25) is 5.95 Å². The van der Waals surface area contributed by atoms with Crippen LogP contribution in [0.5, 0.6) is 0 Å². The SMILES string of the molecule is CC(NCc1ccc2c(c1)nc(NC(=O)c1ccc(/C(C=N)=C/N)s1)n2CC(C)(C)O)C(C)(C)C. The molecule has 0 fully saturated rings. The van der Waals surface area contributed by atoms with Gasteiger partial charge in [0.25, 0.3) is 5.91 Å². The zero-order chi connectivity index (χ0) is 26.0. The van der Waals surface area contributed by atoms with Crippen molar-refractivity contribution in [1.82, 2.24) is 14.9 Å². The Kier molecular flexibility index (Phi) is 7.83. The van der Waals surface area contributed by atoms with E-state index in [1.54, 1.807) is 26.0 Å². The fraction of sp³-hybridized carbons (Fsp3) is 0.423. The number of nitrogens with zero attached hydrogens (tertiary/aromatic N) is 2. The average molecular weight is 497 g/mol. The van der Waals surface area contributed by atoms with Crippen molar-refractivity contribution < 1.29 is 9.90 Å². The van der Waals surface area contributed by atoms with Gasteiger partial charge in [-0.1, -0.05) is 26.8 Å². The van der Waals surface area contributed by atoms with Crippen LogP contribution in [0.1, 0.15) is 61.7 Å². The molecule has 9 heteroatoms. The van der Waals surface area contributed by atoms with E-state index < -0.39 is 5.60 Å². The molecule has 0 spiro atoms. The highest BCUT2D eigenvalue weighted by atomic mass is 32.1. The van der Waals surface area contributed by atoms with Gasteiger partial charge in [0, 0.05) is 35.5 Å². The summed E-state index contributed by atoms with van der Waals surface area (Å²) in [5.41, 5.74) is 7.93. The van der Waals surface area contributed by atoms with Gasteiger partial charge < -0.3 is 26.1 Å². The maximum atomic E-state index is 13.0. The molecule has 1 unspecified atom stereocenters. The van der Waals surface area contributed by atoms with Gasteiger partial charge in [-0.15, -0.1) is 11.3 Å². The second kappa shape index (κ2) is 10.3. The van der Waals surface area contributed by atoms with E-state index >= 15 is 0 Å². The minimum Gasteiger partial charge on any atom is -0.404 e. The fourth-order valence-electron chi connectivity index (χ4n) is 3.48. The Morgan fingerprint density at radius 2 is 1.91 bits per heavy atom. The Morgan fingerprint density at radius 3 is 2.51 bits per heavy atom. The molecule has 0 saturated heterocycles. The quantitative estimate of drug-likeness (QED) is 0.277. The summed E-state index contributed by atoms with van der Waals surface area (Å²) in [4.78, 5) is 18.9. The number of carbonyl (C=O) groups is 1. The van der Waals surface area contributed by atoms with E-state index in [1.807, 2.05) is 22.8 Å². The van der Waals surface area contributed by atoms with Crippen LogP contribution in [0, 0.1) is 10.8 Å². The summed E-state index contributed by atoms with van der Waals surface area (Å²) < 4.78 is 1.83. The monoisotopic (exact) mass is 496 g/mol. The summed E-state index contributed by atoms with van der Waals surface area (Å²) in [5, 5.41) is 24.4. The van der Waals surface area contributed by atoms with Gasteiger partial charge in [-0.25, -0.2) is 4.98 Å². The Morgan fingerprint density at radius 1 is 1.23 bits per heavy atom. The van der Waals surface area contributed by atoms with Gasteiger partial charge in [0.05, 0.1) is 28.1 Å². The van der Waals surface area contributed by atoms with Gasteiger partial charge >= 0.3 is 0 Å². The number of anilines is 1. The number of nitrogens with two attached hydrogens (primary N) is 1. The lowest BCUT2D eigenvalue weighted by Gasteiger charge is -2.28. The lowest BCUT2D eigenvalue weighted by atomic mass is 9.88.